The second-order valence-corrected chi connectivity index (χ2v) is 6.78. The van der Waals surface area contributed by atoms with E-state index in [1.807, 2.05) is 0 Å². The highest BCUT2D eigenvalue weighted by Crippen LogP contribution is 2.27. The number of hydrogen-bond donors (Lipinski definition) is 2. The fraction of sp³-hybridized carbons (Fsp3) is 0.176. The van der Waals surface area contributed by atoms with Gasteiger partial charge in [-0.05, 0) is 42.8 Å². The maximum Gasteiger partial charge on any atom is 0.240 e. The average Bonchev–Trinajstić information content (AvgIpc) is 2.56. The smallest absolute Gasteiger partial charge is 0.240 e. The van der Waals surface area contributed by atoms with Crippen LogP contribution in [0.5, 0.6) is 11.5 Å². The molecule has 0 saturated heterocycles. The van der Waals surface area contributed by atoms with Gasteiger partial charge in [0.25, 0.3) is 0 Å². The van der Waals surface area contributed by atoms with Gasteiger partial charge in [0.05, 0.1) is 17.8 Å². The van der Waals surface area contributed by atoms with Crippen LogP contribution in [0, 0.1) is 0 Å². The van der Waals surface area contributed by atoms with Crippen LogP contribution in [0.2, 0.25) is 10.0 Å². The van der Waals surface area contributed by atoms with Crippen LogP contribution in [0.4, 0.5) is 0 Å². The number of nitrogens with one attached hydrogen (secondary N) is 1. The summed E-state index contributed by atoms with van der Waals surface area (Å²) < 4.78 is 6.30. The molecular formula is C17H15BrCl2N2O3. The lowest BCUT2D eigenvalue weighted by atomic mass is 10.2. The fourth-order valence-electron chi connectivity index (χ4n) is 1.87. The quantitative estimate of drug-likeness (QED) is 0.366. The van der Waals surface area contributed by atoms with Crippen LogP contribution in [0.25, 0.3) is 0 Å². The first-order chi connectivity index (χ1) is 12.0. The van der Waals surface area contributed by atoms with Crippen molar-refractivity contribution in [1.29, 1.82) is 0 Å². The van der Waals surface area contributed by atoms with Crippen molar-refractivity contribution in [2.75, 3.05) is 6.61 Å². The van der Waals surface area contributed by atoms with Gasteiger partial charge in [-0.2, -0.15) is 5.10 Å². The van der Waals surface area contributed by atoms with Crippen molar-refractivity contribution in [3.8, 4) is 11.5 Å². The molecule has 0 heterocycles. The number of phenolic OH excluding ortho intramolecular Hbond substituents is 1. The monoisotopic (exact) mass is 444 g/mol. The van der Waals surface area contributed by atoms with Crippen LogP contribution >= 0.6 is 39.1 Å². The summed E-state index contributed by atoms with van der Waals surface area (Å²) >= 11 is 15.1. The SMILES string of the molecule is O=C(CCCOc1ccc(Cl)cc1Cl)N/N=C\c1cc(Br)ccc1O. The van der Waals surface area contributed by atoms with Crippen LogP contribution in [-0.4, -0.2) is 23.8 Å². The van der Waals surface area contributed by atoms with Crippen molar-refractivity contribution < 1.29 is 14.6 Å². The zero-order valence-electron chi connectivity index (χ0n) is 13.0. The average molecular weight is 446 g/mol. The van der Waals surface area contributed by atoms with Crippen LogP contribution in [0.15, 0.2) is 46.0 Å². The summed E-state index contributed by atoms with van der Waals surface area (Å²) in [7, 11) is 0. The van der Waals surface area contributed by atoms with E-state index in [1.165, 1.54) is 12.3 Å². The van der Waals surface area contributed by atoms with Gasteiger partial charge in [0.15, 0.2) is 0 Å². The Bertz CT molecular complexity index is 784. The van der Waals surface area contributed by atoms with Gasteiger partial charge in [-0.1, -0.05) is 39.1 Å². The lowest BCUT2D eigenvalue weighted by Gasteiger charge is -2.07. The Hall–Kier alpha value is -1.76. The molecule has 8 heteroatoms. The highest BCUT2D eigenvalue weighted by atomic mass is 79.9. The van der Waals surface area contributed by atoms with Crippen molar-refractivity contribution in [2.45, 2.75) is 12.8 Å². The van der Waals surface area contributed by atoms with Gasteiger partial charge >= 0.3 is 0 Å². The molecule has 0 radical (unpaired) electrons. The van der Waals surface area contributed by atoms with Crippen LogP contribution < -0.4 is 10.2 Å². The predicted octanol–water partition coefficient (Wildman–Crippen LogP) is 4.77. The number of benzene rings is 2. The number of phenols is 1. The summed E-state index contributed by atoms with van der Waals surface area (Å²) in [4.78, 5) is 11.7. The third-order valence-electron chi connectivity index (χ3n) is 3.08. The molecule has 0 aliphatic carbocycles. The van der Waals surface area contributed by atoms with Gasteiger partial charge in [-0.25, -0.2) is 5.43 Å². The number of aromatic hydroxyl groups is 1. The van der Waals surface area contributed by atoms with Gasteiger partial charge < -0.3 is 9.84 Å². The maximum atomic E-state index is 11.7. The molecule has 0 atom stereocenters. The van der Waals surface area contributed by atoms with E-state index in [9.17, 15) is 9.90 Å². The van der Waals surface area contributed by atoms with E-state index in [0.717, 1.165) is 4.47 Å². The molecule has 2 aromatic carbocycles. The molecule has 1 amide bonds. The number of hydrogen-bond acceptors (Lipinski definition) is 4. The fourth-order valence-corrected chi connectivity index (χ4v) is 2.71. The summed E-state index contributed by atoms with van der Waals surface area (Å²) in [6.07, 6.45) is 2.12. The molecule has 25 heavy (non-hydrogen) atoms. The minimum absolute atomic E-state index is 0.0782. The number of ether oxygens (including phenoxy) is 1. The van der Waals surface area contributed by atoms with Gasteiger partial charge in [-0.15, -0.1) is 0 Å². The minimum atomic E-state index is -0.253. The molecular weight excluding hydrogens is 431 g/mol. The molecule has 2 rings (SSSR count). The van der Waals surface area contributed by atoms with Crippen LogP contribution in [-0.2, 0) is 4.79 Å². The van der Waals surface area contributed by atoms with Crippen molar-refractivity contribution in [2.24, 2.45) is 5.10 Å². The molecule has 5 nitrogen and oxygen atoms in total. The van der Waals surface area contributed by atoms with Crippen LogP contribution in [0.1, 0.15) is 18.4 Å². The molecule has 0 fully saturated rings. The van der Waals surface area contributed by atoms with E-state index in [1.54, 1.807) is 30.3 Å². The normalized spacial score (nSPS) is 10.8. The molecule has 0 aliphatic rings. The third-order valence-corrected chi connectivity index (χ3v) is 4.11. The molecule has 0 aliphatic heterocycles. The van der Waals surface area contributed by atoms with Gasteiger partial charge in [0.2, 0.25) is 5.91 Å². The van der Waals surface area contributed by atoms with Gasteiger partial charge in [0, 0.05) is 21.5 Å². The number of nitrogens with zero attached hydrogens (tertiary/aromatic N) is 1. The summed E-state index contributed by atoms with van der Waals surface area (Å²) in [5, 5.41) is 14.4. The van der Waals surface area contributed by atoms with E-state index in [4.69, 9.17) is 27.9 Å². The first-order valence-corrected chi connectivity index (χ1v) is 8.89. The third kappa shape index (κ3) is 6.57. The number of carbonyl (C=O) groups excluding carboxylic acids is 1. The maximum absolute atomic E-state index is 11.7. The Balaban J connectivity index is 1.72. The molecule has 0 bridgehead atoms. The molecule has 2 N–H and O–H groups in total. The Morgan fingerprint density at radius 2 is 2.08 bits per heavy atom. The number of carbonyl (C=O) groups is 1. The number of amides is 1. The molecule has 0 spiro atoms. The van der Waals surface area contributed by atoms with E-state index in [0.29, 0.717) is 34.4 Å². The lowest BCUT2D eigenvalue weighted by Crippen LogP contribution is -2.18. The largest absolute Gasteiger partial charge is 0.507 e. The van der Waals surface area contributed by atoms with Crippen molar-refractivity contribution >= 4 is 51.3 Å². The highest BCUT2D eigenvalue weighted by Gasteiger charge is 2.04. The highest BCUT2D eigenvalue weighted by molar-refractivity contribution is 9.10. The first-order valence-electron chi connectivity index (χ1n) is 7.34. The Morgan fingerprint density at radius 1 is 1.28 bits per heavy atom. The zero-order valence-corrected chi connectivity index (χ0v) is 16.1. The Labute approximate surface area is 163 Å². The van der Waals surface area contributed by atoms with Crippen molar-refractivity contribution in [3.63, 3.8) is 0 Å². The zero-order chi connectivity index (χ0) is 18.2. The molecule has 0 aromatic heterocycles. The van der Waals surface area contributed by atoms with E-state index < -0.39 is 0 Å². The van der Waals surface area contributed by atoms with Crippen LogP contribution in [0.3, 0.4) is 0 Å². The summed E-state index contributed by atoms with van der Waals surface area (Å²) in [6.45, 7) is 0.338. The van der Waals surface area contributed by atoms with Crippen molar-refractivity contribution in [1.82, 2.24) is 5.43 Å². The van der Waals surface area contributed by atoms with Gasteiger partial charge in [-0.3, -0.25) is 4.79 Å². The Morgan fingerprint density at radius 3 is 2.84 bits per heavy atom. The standard InChI is InChI=1S/C17H15BrCl2N2O3/c18-12-3-5-15(23)11(8-12)10-21-22-17(24)2-1-7-25-16-6-4-13(19)9-14(16)20/h3-6,8-10,23H,1-2,7H2,(H,22,24)/b21-10-. The van der Waals surface area contributed by atoms with E-state index in [2.05, 4.69) is 26.5 Å². The predicted molar refractivity (Wildman–Crippen MR) is 103 cm³/mol. The lowest BCUT2D eigenvalue weighted by molar-refractivity contribution is -0.121. The summed E-state index contributed by atoms with van der Waals surface area (Å²) in [6, 6.07) is 9.89. The topological polar surface area (TPSA) is 70.9 Å². The molecule has 0 saturated carbocycles. The number of halogens is 3. The van der Waals surface area contributed by atoms with E-state index >= 15 is 0 Å². The molecule has 132 valence electrons. The Kier molecular flexibility index (Phi) is 7.55. The van der Waals surface area contributed by atoms with Crippen molar-refractivity contribution in [3.05, 3.63) is 56.5 Å². The van der Waals surface area contributed by atoms with Gasteiger partial charge in [0.1, 0.15) is 11.5 Å². The summed E-state index contributed by atoms with van der Waals surface area (Å²) in [5.41, 5.74) is 2.90. The summed E-state index contributed by atoms with van der Waals surface area (Å²) in [5.74, 6) is 0.348. The minimum Gasteiger partial charge on any atom is -0.507 e. The molecule has 2 aromatic rings. The second-order valence-electron chi connectivity index (χ2n) is 5.02. The second kappa shape index (κ2) is 9.65. The number of hydrazone groups is 1. The first kappa shape index (κ1) is 19.6. The molecule has 0 unspecified atom stereocenters. The number of rotatable bonds is 7. The van der Waals surface area contributed by atoms with E-state index in [-0.39, 0.29) is 18.1 Å².